The van der Waals surface area contributed by atoms with Crippen LogP contribution in [0.25, 0.3) is 0 Å². The van der Waals surface area contributed by atoms with Gasteiger partial charge in [-0.3, -0.25) is 9.67 Å². The third-order valence-corrected chi connectivity index (χ3v) is 3.77. The van der Waals surface area contributed by atoms with Gasteiger partial charge >= 0.3 is 0 Å². The first-order chi connectivity index (χ1) is 10.6. The van der Waals surface area contributed by atoms with E-state index in [0.717, 1.165) is 44.1 Å². The highest BCUT2D eigenvalue weighted by Crippen LogP contribution is 2.21. The van der Waals surface area contributed by atoms with Crippen molar-refractivity contribution in [3.05, 3.63) is 18.0 Å². The van der Waals surface area contributed by atoms with Crippen molar-refractivity contribution in [3.8, 4) is 0 Å². The van der Waals surface area contributed by atoms with Crippen LogP contribution in [0.15, 0.2) is 17.4 Å². The number of aryl methyl sites for hydroxylation is 1. The molecule has 0 radical (unpaired) electrons. The first-order valence-corrected chi connectivity index (χ1v) is 8.23. The maximum atomic E-state index is 5.90. The van der Waals surface area contributed by atoms with Gasteiger partial charge in [0.1, 0.15) is 6.10 Å². The molecule has 0 amide bonds. The van der Waals surface area contributed by atoms with Crippen LogP contribution in [0.2, 0.25) is 0 Å². The van der Waals surface area contributed by atoms with E-state index in [1.165, 1.54) is 0 Å². The van der Waals surface area contributed by atoms with E-state index in [9.17, 15) is 0 Å². The average molecular weight is 435 g/mol. The fourth-order valence-electron chi connectivity index (χ4n) is 2.50. The minimum Gasteiger partial charge on any atom is -0.370 e. The van der Waals surface area contributed by atoms with Crippen LogP contribution in [0.3, 0.4) is 0 Å². The van der Waals surface area contributed by atoms with Gasteiger partial charge in [-0.15, -0.1) is 24.0 Å². The second-order valence-electron chi connectivity index (χ2n) is 6.17. The summed E-state index contributed by atoms with van der Waals surface area (Å²) in [6, 6.07) is 0. The smallest absolute Gasteiger partial charge is 0.194 e. The number of halogens is 1. The van der Waals surface area contributed by atoms with Crippen LogP contribution in [0.5, 0.6) is 0 Å². The average Bonchev–Trinajstić information content (AvgIpc) is 2.93. The summed E-state index contributed by atoms with van der Waals surface area (Å²) < 4.78 is 7.72. The molecule has 1 atom stereocenters. The van der Waals surface area contributed by atoms with Crippen molar-refractivity contribution in [1.29, 1.82) is 0 Å². The number of ether oxygens (including phenoxy) is 1. The van der Waals surface area contributed by atoms with Crippen molar-refractivity contribution in [2.75, 3.05) is 32.8 Å². The van der Waals surface area contributed by atoms with Crippen LogP contribution < -0.4 is 5.32 Å². The number of aliphatic imine (C=N–C) groups is 1. The number of aromatic nitrogens is 2. The van der Waals surface area contributed by atoms with Crippen LogP contribution in [-0.2, 0) is 11.8 Å². The van der Waals surface area contributed by atoms with E-state index in [1.807, 2.05) is 24.1 Å². The molecule has 23 heavy (non-hydrogen) atoms. The van der Waals surface area contributed by atoms with Gasteiger partial charge in [0, 0.05) is 38.4 Å². The lowest BCUT2D eigenvalue weighted by Gasteiger charge is -2.34. The first kappa shape index (κ1) is 20.2. The molecule has 132 valence electrons. The molecule has 1 aliphatic heterocycles. The Balaban J connectivity index is 0.00000264. The number of guanidine groups is 1. The van der Waals surface area contributed by atoms with Gasteiger partial charge in [-0.1, -0.05) is 13.8 Å². The Hall–Kier alpha value is -0.830. The first-order valence-electron chi connectivity index (χ1n) is 8.23. The molecule has 1 fully saturated rings. The number of nitrogens with one attached hydrogen (secondary N) is 1. The van der Waals surface area contributed by atoms with Gasteiger partial charge in [-0.2, -0.15) is 5.10 Å². The predicted molar refractivity (Wildman–Crippen MR) is 104 cm³/mol. The number of rotatable bonds is 5. The molecule has 0 aromatic carbocycles. The van der Waals surface area contributed by atoms with Crippen LogP contribution in [0, 0.1) is 5.92 Å². The second-order valence-corrected chi connectivity index (χ2v) is 6.17. The molecular formula is C16H30IN5O. The van der Waals surface area contributed by atoms with Gasteiger partial charge in [0.25, 0.3) is 0 Å². The van der Waals surface area contributed by atoms with Crippen LogP contribution in [-0.4, -0.2) is 53.4 Å². The fourth-order valence-corrected chi connectivity index (χ4v) is 2.50. The summed E-state index contributed by atoms with van der Waals surface area (Å²) >= 11 is 0. The van der Waals surface area contributed by atoms with Gasteiger partial charge < -0.3 is 15.0 Å². The molecule has 0 bridgehead atoms. The number of hydrogen-bond acceptors (Lipinski definition) is 3. The Morgan fingerprint density at radius 1 is 1.52 bits per heavy atom. The number of nitrogens with zero attached hydrogens (tertiary/aromatic N) is 4. The third-order valence-electron chi connectivity index (χ3n) is 3.77. The lowest BCUT2D eigenvalue weighted by atomic mass is 10.1. The van der Waals surface area contributed by atoms with E-state index in [2.05, 4.69) is 36.1 Å². The van der Waals surface area contributed by atoms with Gasteiger partial charge in [0.2, 0.25) is 0 Å². The third kappa shape index (κ3) is 6.29. The van der Waals surface area contributed by atoms with Gasteiger partial charge in [0.15, 0.2) is 5.96 Å². The zero-order valence-corrected chi connectivity index (χ0v) is 17.0. The summed E-state index contributed by atoms with van der Waals surface area (Å²) in [6.07, 6.45) is 5.09. The lowest BCUT2D eigenvalue weighted by molar-refractivity contribution is -0.00804. The van der Waals surface area contributed by atoms with Crippen LogP contribution >= 0.6 is 24.0 Å². The summed E-state index contributed by atoms with van der Waals surface area (Å²) in [5.41, 5.74) is 1.13. The molecule has 2 heterocycles. The second kappa shape index (κ2) is 10.1. The van der Waals surface area contributed by atoms with Crippen LogP contribution in [0.4, 0.5) is 0 Å². The maximum absolute atomic E-state index is 5.90. The monoisotopic (exact) mass is 435 g/mol. The standard InChI is InChI=1S/C16H29N5O.HI/c1-5-17-16(18-7-6-13(2)3)21-8-9-22-15(12-21)14-10-19-20(4)11-14;/h10-11,13,15H,5-9,12H2,1-4H3,(H,17,18);1H. The molecule has 0 aliphatic carbocycles. The Kier molecular flexibility index (Phi) is 8.90. The summed E-state index contributed by atoms with van der Waals surface area (Å²) in [5, 5.41) is 7.64. The normalized spacial score (nSPS) is 18.9. The molecule has 0 saturated carbocycles. The Labute approximate surface area is 156 Å². The Morgan fingerprint density at radius 3 is 2.91 bits per heavy atom. The van der Waals surface area contributed by atoms with Crippen molar-refractivity contribution < 1.29 is 4.74 Å². The minimum absolute atomic E-state index is 0. The molecule has 1 aliphatic rings. The Bertz CT molecular complexity index is 489. The van der Waals surface area contributed by atoms with E-state index in [-0.39, 0.29) is 30.1 Å². The summed E-state index contributed by atoms with van der Waals surface area (Å²) in [4.78, 5) is 7.06. The summed E-state index contributed by atoms with van der Waals surface area (Å²) in [6.45, 7) is 10.7. The molecule has 2 rings (SSSR count). The topological polar surface area (TPSA) is 54.7 Å². The molecule has 1 aromatic rings. The highest BCUT2D eigenvalue weighted by atomic mass is 127. The van der Waals surface area contributed by atoms with Crippen LogP contribution in [0.1, 0.15) is 38.9 Å². The van der Waals surface area contributed by atoms with E-state index >= 15 is 0 Å². The van der Waals surface area contributed by atoms with Crippen molar-refractivity contribution >= 4 is 29.9 Å². The largest absolute Gasteiger partial charge is 0.370 e. The highest BCUT2D eigenvalue weighted by Gasteiger charge is 2.25. The van der Waals surface area contributed by atoms with E-state index < -0.39 is 0 Å². The summed E-state index contributed by atoms with van der Waals surface area (Å²) in [5.74, 6) is 1.68. The zero-order valence-electron chi connectivity index (χ0n) is 14.7. The van der Waals surface area contributed by atoms with Crippen molar-refractivity contribution in [2.24, 2.45) is 18.0 Å². The molecule has 1 unspecified atom stereocenters. The molecular weight excluding hydrogens is 405 g/mol. The molecule has 0 spiro atoms. The molecule has 1 saturated heterocycles. The Morgan fingerprint density at radius 2 is 2.30 bits per heavy atom. The minimum atomic E-state index is 0. The quantitative estimate of drug-likeness (QED) is 0.439. The summed E-state index contributed by atoms with van der Waals surface area (Å²) in [7, 11) is 1.93. The molecule has 1 N–H and O–H groups in total. The van der Waals surface area contributed by atoms with Gasteiger partial charge in [-0.05, 0) is 19.3 Å². The molecule has 7 heteroatoms. The van der Waals surface area contributed by atoms with Gasteiger partial charge in [0.05, 0.1) is 19.3 Å². The van der Waals surface area contributed by atoms with Crippen molar-refractivity contribution in [1.82, 2.24) is 20.0 Å². The zero-order chi connectivity index (χ0) is 15.9. The van der Waals surface area contributed by atoms with Crippen molar-refractivity contribution in [3.63, 3.8) is 0 Å². The van der Waals surface area contributed by atoms with E-state index in [0.29, 0.717) is 12.5 Å². The molecule has 6 nitrogen and oxygen atoms in total. The lowest BCUT2D eigenvalue weighted by Crippen LogP contribution is -2.48. The molecule has 1 aromatic heterocycles. The number of hydrogen-bond donors (Lipinski definition) is 1. The number of morpholine rings is 1. The van der Waals surface area contributed by atoms with Gasteiger partial charge in [-0.25, -0.2) is 0 Å². The fraction of sp³-hybridized carbons (Fsp3) is 0.750. The SMILES string of the molecule is CCNC(=NCCC(C)C)N1CCOC(c2cnn(C)c2)C1.I. The van der Waals surface area contributed by atoms with E-state index in [4.69, 9.17) is 9.73 Å². The predicted octanol–water partition coefficient (Wildman–Crippen LogP) is 2.42. The maximum Gasteiger partial charge on any atom is 0.194 e. The van der Waals surface area contributed by atoms with E-state index in [1.54, 1.807) is 0 Å². The highest BCUT2D eigenvalue weighted by molar-refractivity contribution is 14.0. The van der Waals surface area contributed by atoms with Crippen molar-refractivity contribution in [2.45, 2.75) is 33.3 Å².